The summed E-state index contributed by atoms with van der Waals surface area (Å²) in [6.07, 6.45) is -1.31. The molecule has 7 heteroatoms. The molecule has 0 bridgehead atoms. The number of carbonyl (C=O) groups excluding carboxylic acids is 1. The summed E-state index contributed by atoms with van der Waals surface area (Å²) in [7, 11) is 5.42. The van der Waals surface area contributed by atoms with Crippen molar-refractivity contribution in [2.24, 2.45) is 0 Å². The van der Waals surface area contributed by atoms with Gasteiger partial charge in [0, 0.05) is 13.6 Å². The third-order valence-corrected chi connectivity index (χ3v) is 3.86. The summed E-state index contributed by atoms with van der Waals surface area (Å²) in [5, 5.41) is 10.5. The molecule has 1 amide bonds. The second-order valence-corrected chi connectivity index (χ2v) is 5.83. The molecule has 1 N–H and O–H groups in total. The first-order valence-corrected chi connectivity index (χ1v) is 7.52. The fourth-order valence-corrected chi connectivity index (χ4v) is 2.17. The van der Waals surface area contributed by atoms with Gasteiger partial charge in [0.1, 0.15) is 6.61 Å². The molecule has 2 rings (SSSR count). The van der Waals surface area contributed by atoms with E-state index in [1.807, 2.05) is 19.0 Å². The normalized spacial score (nSPS) is 15.4. The molecule has 1 heterocycles. The van der Waals surface area contributed by atoms with Crippen molar-refractivity contribution in [2.75, 3.05) is 41.1 Å². The van der Waals surface area contributed by atoms with E-state index >= 15 is 0 Å². The van der Waals surface area contributed by atoms with Gasteiger partial charge in [0.15, 0.2) is 11.5 Å². The lowest BCUT2D eigenvalue weighted by atomic mass is 10.0. The zero-order valence-corrected chi connectivity index (χ0v) is 14.0. The van der Waals surface area contributed by atoms with E-state index in [4.69, 9.17) is 14.2 Å². The van der Waals surface area contributed by atoms with Gasteiger partial charge in [-0.15, -0.1) is 0 Å². The minimum atomic E-state index is -0.851. The van der Waals surface area contributed by atoms with Crippen LogP contribution < -0.4 is 9.47 Å². The Bertz CT molecular complexity index is 549. The van der Waals surface area contributed by atoms with Crippen LogP contribution >= 0.6 is 0 Å². The lowest BCUT2D eigenvalue weighted by molar-refractivity contribution is 0.0486. The topological polar surface area (TPSA) is 71.5 Å². The molecular weight excluding hydrogens is 300 g/mol. The van der Waals surface area contributed by atoms with Gasteiger partial charge < -0.3 is 29.1 Å². The average Bonchev–Trinajstić information content (AvgIpc) is 2.99. The number of carbonyl (C=O) groups is 1. The Morgan fingerprint density at radius 2 is 2.00 bits per heavy atom. The van der Waals surface area contributed by atoms with Gasteiger partial charge in [0.25, 0.3) is 0 Å². The molecule has 2 atom stereocenters. The van der Waals surface area contributed by atoms with Crippen molar-refractivity contribution < 1.29 is 24.1 Å². The van der Waals surface area contributed by atoms with Crippen molar-refractivity contribution in [3.8, 4) is 11.5 Å². The van der Waals surface area contributed by atoms with Crippen molar-refractivity contribution in [1.29, 1.82) is 0 Å². The summed E-state index contributed by atoms with van der Waals surface area (Å²) in [6, 6.07) is 4.81. The van der Waals surface area contributed by atoms with Crippen LogP contribution in [0, 0.1) is 0 Å². The predicted molar refractivity (Wildman–Crippen MR) is 84.7 cm³/mol. The number of aliphatic hydroxyl groups excluding tert-OH is 1. The van der Waals surface area contributed by atoms with Crippen molar-refractivity contribution in [3.63, 3.8) is 0 Å². The molecule has 1 aromatic rings. The van der Waals surface area contributed by atoms with E-state index in [0.29, 0.717) is 30.2 Å². The highest BCUT2D eigenvalue weighted by Crippen LogP contribution is 2.35. The first kappa shape index (κ1) is 17.4. The molecule has 0 aromatic heterocycles. The van der Waals surface area contributed by atoms with Gasteiger partial charge in [-0.3, -0.25) is 0 Å². The number of hydrogen-bond donors (Lipinski definition) is 1. The monoisotopic (exact) mass is 324 g/mol. The molecule has 2 unspecified atom stereocenters. The maximum Gasteiger partial charge on any atom is 0.409 e. The molecule has 1 aromatic carbocycles. The zero-order valence-electron chi connectivity index (χ0n) is 14.0. The number of likely N-dealkylation sites (N-methyl/N-ethyl adjacent to an activating group) is 2. The molecular formula is C16H24N2O5. The van der Waals surface area contributed by atoms with E-state index in [0.717, 1.165) is 0 Å². The molecule has 0 spiro atoms. The summed E-state index contributed by atoms with van der Waals surface area (Å²) in [4.78, 5) is 15.3. The van der Waals surface area contributed by atoms with Crippen molar-refractivity contribution >= 4 is 6.09 Å². The van der Waals surface area contributed by atoms with Crippen LogP contribution in [0.2, 0.25) is 0 Å². The number of aliphatic hydroxyl groups is 1. The number of rotatable bonds is 6. The van der Waals surface area contributed by atoms with Crippen molar-refractivity contribution in [2.45, 2.75) is 19.1 Å². The van der Waals surface area contributed by atoms with Crippen LogP contribution in [-0.2, 0) is 4.74 Å². The second-order valence-electron chi connectivity index (χ2n) is 5.83. The second kappa shape index (κ2) is 7.52. The first-order valence-electron chi connectivity index (χ1n) is 7.52. The standard InChI is InChI=1S/C16H24N2O5/c1-11(18(4)16(20)21-8-7-17(2)3)15(19)12-5-6-13-14(9-12)23-10-22-13/h5-6,9,11,15,19H,7-8,10H2,1-4H3. The maximum absolute atomic E-state index is 12.0. The number of ether oxygens (including phenoxy) is 3. The quantitative estimate of drug-likeness (QED) is 0.854. The molecule has 0 aliphatic carbocycles. The van der Waals surface area contributed by atoms with E-state index in [1.54, 1.807) is 32.2 Å². The van der Waals surface area contributed by atoms with Gasteiger partial charge in [-0.05, 0) is 38.7 Å². The highest BCUT2D eigenvalue weighted by Gasteiger charge is 2.26. The fourth-order valence-electron chi connectivity index (χ4n) is 2.17. The molecule has 23 heavy (non-hydrogen) atoms. The molecule has 1 aliphatic rings. The third-order valence-electron chi connectivity index (χ3n) is 3.86. The Balaban J connectivity index is 1.95. The van der Waals surface area contributed by atoms with Crippen LogP contribution in [-0.4, -0.2) is 68.1 Å². The summed E-state index contributed by atoms with van der Waals surface area (Å²) in [6.45, 7) is 2.91. The van der Waals surface area contributed by atoms with Crippen LogP contribution in [0.5, 0.6) is 11.5 Å². The van der Waals surface area contributed by atoms with Gasteiger partial charge in [-0.2, -0.15) is 0 Å². The van der Waals surface area contributed by atoms with Gasteiger partial charge in [-0.1, -0.05) is 6.07 Å². The van der Waals surface area contributed by atoms with Gasteiger partial charge in [0.05, 0.1) is 12.1 Å². The molecule has 0 radical (unpaired) electrons. The van der Waals surface area contributed by atoms with Crippen LogP contribution in [0.25, 0.3) is 0 Å². The minimum absolute atomic E-state index is 0.183. The SMILES string of the molecule is CC(C(O)c1ccc2c(c1)OCO2)N(C)C(=O)OCCN(C)C. The van der Waals surface area contributed by atoms with Crippen LogP contribution in [0.15, 0.2) is 18.2 Å². The van der Waals surface area contributed by atoms with E-state index in [9.17, 15) is 9.90 Å². The summed E-state index contributed by atoms with van der Waals surface area (Å²) in [5.74, 6) is 1.26. The van der Waals surface area contributed by atoms with Crippen molar-refractivity contribution in [1.82, 2.24) is 9.80 Å². The Labute approximate surface area is 136 Å². The third kappa shape index (κ3) is 4.27. The summed E-state index contributed by atoms with van der Waals surface area (Å²) in [5.41, 5.74) is 0.662. The molecule has 7 nitrogen and oxygen atoms in total. The molecule has 128 valence electrons. The van der Waals surface area contributed by atoms with E-state index in [-0.39, 0.29) is 6.79 Å². The van der Waals surface area contributed by atoms with E-state index in [2.05, 4.69) is 0 Å². The zero-order chi connectivity index (χ0) is 17.0. The Hall–Kier alpha value is -1.99. The lowest BCUT2D eigenvalue weighted by Crippen LogP contribution is -2.40. The van der Waals surface area contributed by atoms with Crippen LogP contribution in [0.3, 0.4) is 0 Å². The fraction of sp³-hybridized carbons (Fsp3) is 0.562. The Kier molecular flexibility index (Phi) is 5.68. The number of benzene rings is 1. The van der Waals surface area contributed by atoms with Gasteiger partial charge >= 0.3 is 6.09 Å². The van der Waals surface area contributed by atoms with E-state index < -0.39 is 18.2 Å². The van der Waals surface area contributed by atoms with Crippen LogP contribution in [0.4, 0.5) is 4.79 Å². The average molecular weight is 324 g/mol. The Morgan fingerprint density at radius 3 is 2.70 bits per heavy atom. The molecule has 0 fully saturated rings. The molecule has 0 saturated carbocycles. The highest BCUT2D eigenvalue weighted by atomic mass is 16.7. The van der Waals surface area contributed by atoms with Gasteiger partial charge in [0.2, 0.25) is 6.79 Å². The lowest BCUT2D eigenvalue weighted by Gasteiger charge is -2.28. The smallest absolute Gasteiger partial charge is 0.409 e. The number of hydrogen-bond acceptors (Lipinski definition) is 6. The number of amides is 1. The van der Waals surface area contributed by atoms with Crippen molar-refractivity contribution in [3.05, 3.63) is 23.8 Å². The number of fused-ring (bicyclic) bond motifs is 1. The van der Waals surface area contributed by atoms with E-state index in [1.165, 1.54) is 4.90 Å². The van der Waals surface area contributed by atoms with Gasteiger partial charge in [-0.25, -0.2) is 4.79 Å². The molecule has 1 aliphatic heterocycles. The predicted octanol–water partition coefficient (Wildman–Crippen LogP) is 1.47. The minimum Gasteiger partial charge on any atom is -0.454 e. The Morgan fingerprint density at radius 1 is 1.30 bits per heavy atom. The first-order chi connectivity index (χ1) is 10.9. The number of nitrogens with zero attached hydrogens (tertiary/aromatic N) is 2. The summed E-state index contributed by atoms with van der Waals surface area (Å²) < 4.78 is 15.7. The molecule has 0 saturated heterocycles. The summed E-state index contributed by atoms with van der Waals surface area (Å²) >= 11 is 0. The highest BCUT2D eigenvalue weighted by molar-refractivity contribution is 5.67. The largest absolute Gasteiger partial charge is 0.454 e. The maximum atomic E-state index is 12.0. The van der Waals surface area contributed by atoms with Crippen LogP contribution in [0.1, 0.15) is 18.6 Å².